The molecule has 10 nitrogen and oxygen atoms in total. The lowest BCUT2D eigenvalue weighted by molar-refractivity contribution is -0.169. The van der Waals surface area contributed by atoms with Crippen LogP contribution in [0.3, 0.4) is 0 Å². The molecule has 0 spiro atoms. The van der Waals surface area contributed by atoms with Crippen molar-refractivity contribution in [2.24, 2.45) is 0 Å². The molecule has 216 valence electrons. The molecule has 1 amide bonds. The number of amides is 1. The molecule has 0 aliphatic carbocycles. The van der Waals surface area contributed by atoms with Gasteiger partial charge in [-0.1, -0.05) is 91.0 Å². The second-order valence-electron chi connectivity index (χ2n) is 10.3. The van der Waals surface area contributed by atoms with E-state index in [4.69, 9.17) is 4.74 Å². The number of likely N-dealkylation sites (tertiary alicyclic amines) is 1. The summed E-state index contributed by atoms with van der Waals surface area (Å²) < 4.78 is 6.84. The number of aliphatic hydroxyl groups excluding tert-OH is 1. The quantitative estimate of drug-likeness (QED) is 0.275. The van der Waals surface area contributed by atoms with Crippen LogP contribution in [0.1, 0.15) is 22.3 Å². The number of nitrogens with zero attached hydrogens (tertiary/aromatic N) is 2. The first-order valence-electron chi connectivity index (χ1n) is 13.4. The van der Waals surface area contributed by atoms with Crippen LogP contribution < -0.4 is 11.2 Å². The van der Waals surface area contributed by atoms with Gasteiger partial charge in [0.25, 0.3) is 5.56 Å². The number of carboxylic acid groups (broad SMARTS) is 1. The van der Waals surface area contributed by atoms with Crippen molar-refractivity contribution in [2.45, 2.75) is 36.6 Å². The summed E-state index contributed by atoms with van der Waals surface area (Å²) in [6.07, 6.45) is -1.53. The predicted octanol–water partition coefficient (Wildman–Crippen LogP) is 1.92. The van der Waals surface area contributed by atoms with Crippen molar-refractivity contribution >= 4 is 11.9 Å². The average molecular weight is 570 g/mol. The second kappa shape index (κ2) is 11.2. The monoisotopic (exact) mass is 569 g/mol. The Hall–Kier alpha value is -4.80. The van der Waals surface area contributed by atoms with E-state index in [1.54, 1.807) is 72.8 Å². The summed E-state index contributed by atoms with van der Waals surface area (Å²) in [4.78, 5) is 56.2. The van der Waals surface area contributed by atoms with Crippen LogP contribution in [0, 0.1) is 6.92 Å². The number of rotatable bonds is 8. The van der Waals surface area contributed by atoms with Crippen molar-refractivity contribution in [2.75, 3.05) is 13.7 Å². The molecule has 10 heteroatoms. The number of aliphatic carboxylic acids is 1. The highest BCUT2D eigenvalue weighted by Gasteiger charge is 2.72. The van der Waals surface area contributed by atoms with E-state index in [9.17, 15) is 29.4 Å². The van der Waals surface area contributed by atoms with Crippen LogP contribution in [0.2, 0.25) is 0 Å². The van der Waals surface area contributed by atoms with Gasteiger partial charge in [-0.3, -0.25) is 19.1 Å². The van der Waals surface area contributed by atoms with E-state index in [1.165, 1.54) is 20.2 Å². The third-order valence-corrected chi connectivity index (χ3v) is 8.12. The number of hydrogen-bond donors (Lipinski definition) is 3. The molecule has 1 aliphatic rings. The number of aliphatic hydroxyl groups is 1. The van der Waals surface area contributed by atoms with Gasteiger partial charge in [0.15, 0.2) is 5.54 Å². The molecule has 1 unspecified atom stereocenters. The average Bonchev–Trinajstić information content (AvgIpc) is 3.31. The molecule has 2 heterocycles. The minimum Gasteiger partial charge on any atom is -0.479 e. The third-order valence-electron chi connectivity index (χ3n) is 8.12. The molecule has 3 aromatic carbocycles. The number of aryl methyl sites for hydroxylation is 1. The van der Waals surface area contributed by atoms with Crippen LogP contribution in [-0.2, 0) is 26.3 Å². The summed E-state index contributed by atoms with van der Waals surface area (Å²) in [6, 6.07) is 26.9. The molecule has 0 bridgehead atoms. The first-order chi connectivity index (χ1) is 20.2. The maximum Gasteiger partial charge on any atom is 0.334 e. The number of carbonyl (C=O) groups is 2. The Bertz CT molecular complexity index is 1610. The molecule has 0 radical (unpaired) electrons. The van der Waals surface area contributed by atoms with Crippen molar-refractivity contribution in [3.05, 3.63) is 140 Å². The van der Waals surface area contributed by atoms with Gasteiger partial charge in [0.05, 0.1) is 12.0 Å². The predicted molar refractivity (Wildman–Crippen MR) is 154 cm³/mol. The standard InChI is InChI=1S/C32H31N3O7/c1-21-18-34(30(41)33-28(21)38)20-26(37)35-19-25(36)27(42-2)32(35,29(39)40)31(22-12-6-3-7-13-22,23-14-8-4-9-15-23)24-16-10-5-11-17-24/h3-18,25,27,36H,19-20H2,1-2H3,(H,39,40)(H,33,38,41)/t25-,27?,32-/m0/s1. The highest BCUT2D eigenvalue weighted by atomic mass is 16.5. The number of carboxylic acids is 1. The normalized spacial score (nSPS) is 20.4. The lowest BCUT2D eigenvalue weighted by Crippen LogP contribution is -2.72. The Labute approximate surface area is 241 Å². The van der Waals surface area contributed by atoms with Crippen LogP contribution in [0.15, 0.2) is 107 Å². The molecule has 5 rings (SSSR count). The number of ether oxygens (including phenoxy) is 1. The number of H-pyrrole nitrogens is 1. The molecule has 1 saturated heterocycles. The van der Waals surface area contributed by atoms with E-state index in [2.05, 4.69) is 4.98 Å². The van der Waals surface area contributed by atoms with Gasteiger partial charge < -0.3 is 19.8 Å². The number of β-amino-alcohol motifs (C(OH)–C–C–N with tert-alkyl or cyclic N) is 1. The van der Waals surface area contributed by atoms with Crippen molar-refractivity contribution in [3.63, 3.8) is 0 Å². The number of methoxy groups -OCH3 is 1. The maximum atomic E-state index is 14.3. The summed E-state index contributed by atoms with van der Waals surface area (Å²) in [5.41, 5.74) is -3.40. The highest BCUT2D eigenvalue weighted by Crippen LogP contribution is 2.55. The fourth-order valence-corrected chi connectivity index (χ4v) is 6.49. The number of benzene rings is 3. The van der Waals surface area contributed by atoms with E-state index in [0.717, 1.165) is 9.47 Å². The molecule has 1 aliphatic heterocycles. The third kappa shape index (κ3) is 4.27. The van der Waals surface area contributed by atoms with Crippen LogP contribution in [-0.4, -0.2) is 67.9 Å². The fraction of sp³-hybridized carbons (Fsp3) is 0.250. The van der Waals surface area contributed by atoms with E-state index < -0.39 is 52.8 Å². The highest BCUT2D eigenvalue weighted by molar-refractivity contribution is 5.93. The summed E-state index contributed by atoms with van der Waals surface area (Å²) in [5, 5.41) is 22.8. The number of nitrogens with one attached hydrogen (secondary N) is 1. The smallest absolute Gasteiger partial charge is 0.334 e. The zero-order valence-electron chi connectivity index (χ0n) is 23.1. The van der Waals surface area contributed by atoms with Gasteiger partial charge in [-0.05, 0) is 23.6 Å². The van der Waals surface area contributed by atoms with Gasteiger partial charge in [0.1, 0.15) is 18.8 Å². The van der Waals surface area contributed by atoms with Crippen molar-refractivity contribution < 1.29 is 24.5 Å². The zero-order chi connectivity index (χ0) is 30.1. The van der Waals surface area contributed by atoms with Gasteiger partial charge in [-0.15, -0.1) is 0 Å². The van der Waals surface area contributed by atoms with Gasteiger partial charge in [-0.2, -0.15) is 0 Å². The van der Waals surface area contributed by atoms with Crippen LogP contribution in [0.25, 0.3) is 0 Å². The summed E-state index contributed by atoms with van der Waals surface area (Å²) in [6.45, 7) is 0.532. The van der Waals surface area contributed by atoms with Gasteiger partial charge in [0, 0.05) is 18.9 Å². The van der Waals surface area contributed by atoms with E-state index in [1.807, 2.05) is 18.2 Å². The van der Waals surface area contributed by atoms with E-state index >= 15 is 0 Å². The summed E-state index contributed by atoms with van der Waals surface area (Å²) in [7, 11) is 1.31. The molecule has 1 fully saturated rings. The first-order valence-corrected chi connectivity index (χ1v) is 13.4. The van der Waals surface area contributed by atoms with Crippen LogP contribution >= 0.6 is 0 Å². The Morgan fingerprint density at radius 1 is 0.929 bits per heavy atom. The van der Waals surface area contributed by atoms with E-state index in [-0.39, 0.29) is 12.1 Å². The van der Waals surface area contributed by atoms with Gasteiger partial charge in [0.2, 0.25) is 5.91 Å². The first kappa shape index (κ1) is 28.7. The van der Waals surface area contributed by atoms with Crippen molar-refractivity contribution in [1.82, 2.24) is 14.5 Å². The molecule has 4 aromatic rings. The maximum absolute atomic E-state index is 14.3. The van der Waals surface area contributed by atoms with Gasteiger partial charge >= 0.3 is 11.7 Å². The molecule has 42 heavy (non-hydrogen) atoms. The number of carbonyl (C=O) groups excluding carboxylic acids is 1. The minimum atomic E-state index is -2.25. The number of hydrogen-bond acceptors (Lipinski definition) is 6. The molecular weight excluding hydrogens is 538 g/mol. The van der Waals surface area contributed by atoms with Crippen LogP contribution in [0.4, 0.5) is 0 Å². The Morgan fingerprint density at radius 3 is 1.83 bits per heavy atom. The molecular formula is C32H31N3O7. The van der Waals surface area contributed by atoms with Crippen molar-refractivity contribution in [1.29, 1.82) is 0 Å². The Kier molecular flexibility index (Phi) is 7.68. The fourth-order valence-electron chi connectivity index (χ4n) is 6.49. The number of aromatic amines is 1. The molecule has 3 atom stereocenters. The van der Waals surface area contributed by atoms with Crippen LogP contribution in [0.5, 0.6) is 0 Å². The topological polar surface area (TPSA) is 142 Å². The van der Waals surface area contributed by atoms with Gasteiger partial charge in [-0.25, -0.2) is 9.59 Å². The lowest BCUT2D eigenvalue weighted by Gasteiger charge is -2.53. The van der Waals surface area contributed by atoms with E-state index in [0.29, 0.717) is 16.7 Å². The molecule has 1 aromatic heterocycles. The second-order valence-corrected chi connectivity index (χ2v) is 10.3. The Balaban J connectivity index is 1.88. The zero-order valence-corrected chi connectivity index (χ0v) is 23.1. The molecule has 3 N–H and O–H groups in total. The summed E-state index contributed by atoms with van der Waals surface area (Å²) in [5.74, 6) is -2.16. The minimum absolute atomic E-state index is 0.204. The lowest BCUT2D eigenvalue weighted by atomic mass is 9.55. The Morgan fingerprint density at radius 2 is 1.40 bits per heavy atom. The number of aromatic nitrogens is 2. The molecule has 0 saturated carbocycles. The largest absolute Gasteiger partial charge is 0.479 e. The SMILES string of the molecule is COC1[C@@H](O)CN(C(=O)Cn2cc(C)c(=O)[nH]c2=O)[C@@]1(C(=O)O)C(c1ccccc1)(c1ccccc1)c1ccccc1. The van der Waals surface area contributed by atoms with Crippen molar-refractivity contribution in [3.8, 4) is 0 Å². The summed E-state index contributed by atoms with van der Waals surface area (Å²) >= 11 is 0.